The number of nitrogens with one attached hydrogen (secondary N) is 1. The Morgan fingerprint density at radius 3 is 2.82 bits per heavy atom. The Morgan fingerprint density at radius 1 is 1.36 bits per heavy atom. The molecule has 0 aliphatic carbocycles. The van der Waals surface area contributed by atoms with E-state index in [0.29, 0.717) is 24.6 Å². The van der Waals surface area contributed by atoms with E-state index in [4.69, 9.17) is 9.47 Å². The van der Waals surface area contributed by atoms with Gasteiger partial charge in [0.1, 0.15) is 10.6 Å². The number of carbonyl (C=O) groups is 1. The van der Waals surface area contributed by atoms with Gasteiger partial charge in [0.15, 0.2) is 0 Å². The van der Waals surface area contributed by atoms with Gasteiger partial charge in [-0.05, 0) is 31.9 Å². The van der Waals surface area contributed by atoms with Gasteiger partial charge in [0.05, 0.1) is 17.7 Å². The molecule has 0 bridgehead atoms. The molecule has 3 aromatic rings. The first kappa shape index (κ1) is 19.0. The fraction of sp³-hybridized carbons (Fsp3) is 0.429. The SMILES string of the molecule is COc1ccccc1C1(CNC(=O)c2cc3c(C)nn(C)c3s2)CCOCC1. The summed E-state index contributed by atoms with van der Waals surface area (Å²) in [6.07, 6.45) is 1.70. The second kappa shape index (κ2) is 7.56. The summed E-state index contributed by atoms with van der Waals surface area (Å²) in [5.74, 6) is 0.823. The van der Waals surface area contributed by atoms with Crippen LogP contribution in [0.25, 0.3) is 10.2 Å². The quantitative estimate of drug-likeness (QED) is 0.714. The highest BCUT2D eigenvalue weighted by Gasteiger charge is 2.37. The number of hydrogen-bond acceptors (Lipinski definition) is 5. The Kier molecular flexibility index (Phi) is 5.12. The van der Waals surface area contributed by atoms with Crippen molar-refractivity contribution in [2.75, 3.05) is 26.9 Å². The Balaban J connectivity index is 1.59. The summed E-state index contributed by atoms with van der Waals surface area (Å²) in [6, 6.07) is 10.0. The van der Waals surface area contributed by atoms with Crippen molar-refractivity contribution in [3.8, 4) is 5.75 Å². The molecule has 0 unspecified atom stereocenters. The number of aromatic nitrogens is 2. The number of rotatable bonds is 5. The van der Waals surface area contributed by atoms with Gasteiger partial charge in [-0.2, -0.15) is 5.10 Å². The van der Waals surface area contributed by atoms with E-state index in [1.54, 1.807) is 7.11 Å². The summed E-state index contributed by atoms with van der Waals surface area (Å²) in [4.78, 5) is 14.7. The van der Waals surface area contributed by atoms with E-state index in [-0.39, 0.29) is 11.3 Å². The summed E-state index contributed by atoms with van der Waals surface area (Å²) in [5.41, 5.74) is 1.90. The first-order chi connectivity index (χ1) is 13.5. The van der Waals surface area contributed by atoms with Crippen LogP contribution in [0.2, 0.25) is 0 Å². The van der Waals surface area contributed by atoms with Crippen molar-refractivity contribution in [2.24, 2.45) is 7.05 Å². The van der Waals surface area contributed by atoms with Crippen LogP contribution in [0.1, 0.15) is 33.8 Å². The largest absolute Gasteiger partial charge is 0.496 e. The lowest BCUT2D eigenvalue weighted by molar-refractivity contribution is 0.0479. The normalized spacial score (nSPS) is 16.2. The molecule has 2 aromatic heterocycles. The van der Waals surface area contributed by atoms with Crippen molar-refractivity contribution < 1.29 is 14.3 Å². The van der Waals surface area contributed by atoms with Crippen molar-refractivity contribution >= 4 is 27.5 Å². The third-order valence-electron chi connectivity index (χ3n) is 5.64. The minimum Gasteiger partial charge on any atom is -0.496 e. The van der Waals surface area contributed by atoms with Crippen molar-refractivity contribution in [3.63, 3.8) is 0 Å². The summed E-state index contributed by atoms with van der Waals surface area (Å²) in [5, 5.41) is 8.63. The van der Waals surface area contributed by atoms with Gasteiger partial charge >= 0.3 is 0 Å². The van der Waals surface area contributed by atoms with Crippen LogP contribution in [0.5, 0.6) is 5.75 Å². The smallest absolute Gasteiger partial charge is 0.261 e. The van der Waals surface area contributed by atoms with Crippen LogP contribution in [0.4, 0.5) is 0 Å². The number of thiophene rings is 1. The minimum absolute atomic E-state index is 0.0404. The zero-order chi connectivity index (χ0) is 19.7. The molecular formula is C21H25N3O3S. The molecule has 0 saturated carbocycles. The first-order valence-corrected chi connectivity index (χ1v) is 10.3. The summed E-state index contributed by atoms with van der Waals surface area (Å²) in [6.45, 7) is 3.89. The molecule has 1 aliphatic rings. The maximum Gasteiger partial charge on any atom is 0.261 e. The number of para-hydroxylation sites is 1. The molecule has 0 atom stereocenters. The lowest BCUT2D eigenvalue weighted by atomic mass is 9.73. The third-order valence-corrected chi connectivity index (χ3v) is 6.84. The van der Waals surface area contributed by atoms with Crippen molar-refractivity contribution in [1.82, 2.24) is 15.1 Å². The molecule has 1 fully saturated rings. The monoisotopic (exact) mass is 399 g/mol. The number of aryl methyl sites for hydroxylation is 2. The van der Waals surface area contributed by atoms with Gasteiger partial charge in [0, 0.05) is 43.2 Å². The van der Waals surface area contributed by atoms with E-state index in [1.807, 2.05) is 42.9 Å². The standard InChI is InChI=1S/C21H25N3O3S/c1-14-15-12-18(28-20(15)24(2)23-14)19(25)22-13-21(8-10-27-11-9-21)16-6-4-5-7-17(16)26-3/h4-7,12H,8-11,13H2,1-3H3,(H,22,25). The topological polar surface area (TPSA) is 65.4 Å². The third kappa shape index (κ3) is 3.29. The van der Waals surface area contributed by atoms with Crippen LogP contribution in [-0.4, -0.2) is 42.6 Å². The highest BCUT2D eigenvalue weighted by molar-refractivity contribution is 7.20. The fourth-order valence-electron chi connectivity index (χ4n) is 4.04. The number of ether oxygens (including phenoxy) is 2. The molecule has 4 rings (SSSR count). The van der Waals surface area contributed by atoms with Crippen LogP contribution in [-0.2, 0) is 17.2 Å². The van der Waals surface area contributed by atoms with E-state index in [0.717, 1.165) is 40.1 Å². The molecule has 1 saturated heterocycles. The highest BCUT2D eigenvalue weighted by atomic mass is 32.1. The van der Waals surface area contributed by atoms with Crippen LogP contribution < -0.4 is 10.1 Å². The number of nitrogens with zero attached hydrogens (tertiary/aromatic N) is 2. The zero-order valence-corrected chi connectivity index (χ0v) is 17.3. The molecular weight excluding hydrogens is 374 g/mol. The Labute approximate surface area is 168 Å². The molecule has 1 amide bonds. The Morgan fingerprint density at radius 2 is 2.11 bits per heavy atom. The van der Waals surface area contributed by atoms with Gasteiger partial charge in [-0.25, -0.2) is 0 Å². The van der Waals surface area contributed by atoms with Crippen molar-refractivity contribution in [1.29, 1.82) is 0 Å². The van der Waals surface area contributed by atoms with Gasteiger partial charge in [-0.3, -0.25) is 9.48 Å². The van der Waals surface area contributed by atoms with E-state index in [1.165, 1.54) is 11.3 Å². The maximum atomic E-state index is 12.9. The maximum absolute atomic E-state index is 12.9. The van der Waals surface area contributed by atoms with E-state index in [2.05, 4.69) is 16.5 Å². The van der Waals surface area contributed by atoms with Crippen molar-refractivity contribution in [3.05, 3.63) is 46.5 Å². The molecule has 1 aliphatic heterocycles. The molecule has 0 spiro atoms. The molecule has 1 aromatic carbocycles. The van der Waals surface area contributed by atoms with Crippen LogP contribution in [0.15, 0.2) is 30.3 Å². The first-order valence-electron chi connectivity index (χ1n) is 9.47. The number of methoxy groups -OCH3 is 1. The molecule has 0 radical (unpaired) electrons. The number of benzene rings is 1. The number of fused-ring (bicyclic) bond motifs is 1. The second-order valence-electron chi connectivity index (χ2n) is 7.31. The average molecular weight is 400 g/mol. The molecule has 7 heteroatoms. The van der Waals surface area contributed by atoms with Gasteiger partial charge in [-0.1, -0.05) is 18.2 Å². The summed E-state index contributed by atoms with van der Waals surface area (Å²) < 4.78 is 13.0. The van der Waals surface area contributed by atoms with Crippen molar-refractivity contribution in [2.45, 2.75) is 25.2 Å². The van der Waals surface area contributed by atoms with E-state index in [9.17, 15) is 4.79 Å². The Hall–Kier alpha value is -2.38. The predicted molar refractivity (Wildman–Crippen MR) is 110 cm³/mol. The van der Waals surface area contributed by atoms with Gasteiger partial charge in [0.25, 0.3) is 5.91 Å². The summed E-state index contributed by atoms with van der Waals surface area (Å²) >= 11 is 1.48. The van der Waals surface area contributed by atoms with E-state index >= 15 is 0 Å². The van der Waals surface area contributed by atoms with Gasteiger partial charge < -0.3 is 14.8 Å². The number of amides is 1. The molecule has 6 nitrogen and oxygen atoms in total. The number of hydrogen-bond donors (Lipinski definition) is 1. The molecule has 28 heavy (non-hydrogen) atoms. The minimum atomic E-state index is -0.186. The second-order valence-corrected chi connectivity index (χ2v) is 8.34. The van der Waals surface area contributed by atoms with Gasteiger partial charge in [-0.15, -0.1) is 11.3 Å². The van der Waals surface area contributed by atoms with E-state index < -0.39 is 0 Å². The fourth-order valence-corrected chi connectivity index (χ4v) is 5.08. The average Bonchev–Trinajstić information content (AvgIpc) is 3.28. The summed E-state index contributed by atoms with van der Waals surface area (Å²) in [7, 11) is 3.60. The molecule has 1 N–H and O–H groups in total. The molecule has 3 heterocycles. The van der Waals surface area contributed by atoms with Crippen LogP contribution in [0, 0.1) is 6.92 Å². The molecule has 148 valence electrons. The van der Waals surface area contributed by atoms with Crippen LogP contribution >= 0.6 is 11.3 Å². The van der Waals surface area contributed by atoms with Crippen LogP contribution in [0.3, 0.4) is 0 Å². The number of carbonyl (C=O) groups excluding carboxylic acids is 1. The Bertz CT molecular complexity index is 967. The lowest BCUT2D eigenvalue weighted by Gasteiger charge is -2.38. The van der Waals surface area contributed by atoms with Gasteiger partial charge in [0.2, 0.25) is 0 Å². The zero-order valence-electron chi connectivity index (χ0n) is 16.4. The lowest BCUT2D eigenvalue weighted by Crippen LogP contribution is -2.44. The highest BCUT2D eigenvalue weighted by Crippen LogP contribution is 2.39. The predicted octanol–water partition coefficient (Wildman–Crippen LogP) is 3.43.